The van der Waals surface area contributed by atoms with E-state index in [-0.39, 0.29) is 39.4 Å². The zero-order valence-corrected chi connectivity index (χ0v) is 33.5. The van der Waals surface area contributed by atoms with Crippen LogP contribution in [-0.2, 0) is 43.5 Å². The molecule has 0 fully saturated rings. The topological polar surface area (TPSA) is 107 Å². The Labute approximate surface area is 261 Å². The molecule has 0 aliphatic rings. The van der Waals surface area contributed by atoms with Crippen molar-refractivity contribution >= 4 is 34.7 Å². The van der Waals surface area contributed by atoms with Gasteiger partial charge in [-0.05, 0) is 98.1 Å². The van der Waals surface area contributed by atoms with Crippen molar-refractivity contribution in [2.24, 2.45) is 0 Å². The van der Waals surface area contributed by atoms with E-state index in [1.54, 1.807) is 26.8 Å². The summed E-state index contributed by atoms with van der Waals surface area (Å²) in [5, 5.41) is 26.9. The molecule has 3 N–H and O–H groups in total. The maximum absolute atomic E-state index is 9.16. The molecule has 0 spiro atoms. The van der Waals surface area contributed by atoms with Crippen LogP contribution in [0.2, 0.25) is 64.5 Å². The third kappa shape index (κ3) is 46.2. The van der Waals surface area contributed by atoms with E-state index in [4.69, 9.17) is 37.8 Å². The minimum Gasteiger partial charge on any atom is -0.461 e. The van der Waals surface area contributed by atoms with E-state index in [2.05, 4.69) is 59.0 Å². The number of aliphatic hydroxyl groups excluding tert-OH is 3. The summed E-state index contributed by atoms with van der Waals surface area (Å²) in [4.78, 5) is 0. The summed E-state index contributed by atoms with van der Waals surface area (Å²) in [7, 11) is -4.66. The first-order valence-electron chi connectivity index (χ1n) is 14.2. The second-order valence-corrected chi connectivity index (χ2v) is 25.7. The van der Waals surface area contributed by atoms with Crippen molar-refractivity contribution in [1.29, 1.82) is 0 Å². The summed E-state index contributed by atoms with van der Waals surface area (Å²) in [6.07, 6.45) is 2.50. The van der Waals surface area contributed by atoms with Gasteiger partial charge in [-0.2, -0.15) is 0 Å². The molecule has 0 saturated carbocycles. The minimum absolute atomic E-state index is 0. The molecular weight excluding hydrogens is 748 g/mol. The second kappa shape index (κ2) is 29.1. The van der Waals surface area contributed by atoms with E-state index < -0.39 is 34.7 Å². The zero-order chi connectivity index (χ0) is 30.2. The molecule has 0 aliphatic carbocycles. The van der Waals surface area contributed by atoms with Crippen LogP contribution >= 0.6 is 0 Å². The Balaban J connectivity index is -0.000000313. The average molecular weight is 812 g/mol. The molecule has 0 bridgehead atoms. The third-order valence-corrected chi connectivity index (χ3v) is 16.4. The molecule has 0 aliphatic heterocycles. The van der Waals surface area contributed by atoms with Crippen LogP contribution in [0.5, 0.6) is 0 Å². The monoisotopic (exact) mass is 811 g/mol. The fraction of sp³-hybridized carbons (Fsp3) is 0.923. The molecule has 0 aromatic carbocycles. The largest absolute Gasteiger partial charge is 0.461 e. The number of hydrogen-bond donors (Lipinski definition) is 3. The van der Waals surface area contributed by atoms with Gasteiger partial charge >= 0.3 is 0 Å². The van der Waals surface area contributed by atoms with Gasteiger partial charge in [-0.25, -0.2) is 0 Å². The molecule has 0 amide bonds. The Hall–Kier alpha value is 0.976. The molecular formula is C26H64O8PtSi4. The van der Waals surface area contributed by atoms with Gasteiger partial charge < -0.3 is 37.8 Å². The molecule has 0 radical (unpaired) electrons. The van der Waals surface area contributed by atoms with E-state index >= 15 is 0 Å². The molecule has 242 valence electrons. The van der Waals surface area contributed by atoms with Crippen LogP contribution < -0.4 is 0 Å². The Kier molecular flexibility index (Phi) is 35.0. The summed E-state index contributed by atoms with van der Waals surface area (Å²) in [5.41, 5.74) is 0. The Morgan fingerprint density at radius 1 is 0.692 bits per heavy atom. The van der Waals surface area contributed by atoms with Gasteiger partial charge in [-0.15, -0.1) is 6.58 Å². The maximum Gasteiger partial charge on any atom is 0.173 e. The minimum atomic E-state index is -1.66. The molecule has 0 saturated heterocycles. The van der Waals surface area contributed by atoms with E-state index in [1.165, 1.54) is 0 Å². The van der Waals surface area contributed by atoms with Gasteiger partial charge in [0.15, 0.2) is 34.7 Å². The normalized spacial score (nSPS) is 13.9. The van der Waals surface area contributed by atoms with Gasteiger partial charge in [0.2, 0.25) is 0 Å². The summed E-state index contributed by atoms with van der Waals surface area (Å²) in [6, 6.07) is 2.17. The molecule has 3 atom stereocenters. The summed E-state index contributed by atoms with van der Waals surface area (Å²) < 4.78 is 27.8. The van der Waals surface area contributed by atoms with Crippen molar-refractivity contribution in [3.8, 4) is 0 Å². The van der Waals surface area contributed by atoms with Gasteiger partial charge in [-0.1, -0.05) is 6.08 Å². The van der Waals surface area contributed by atoms with Gasteiger partial charge in [0.1, 0.15) is 0 Å². The Morgan fingerprint density at radius 3 is 1.28 bits per heavy atom. The van der Waals surface area contributed by atoms with E-state index in [0.717, 1.165) is 24.9 Å². The predicted molar refractivity (Wildman–Crippen MR) is 171 cm³/mol. The molecule has 0 aromatic heterocycles. The zero-order valence-electron chi connectivity index (χ0n) is 26.9. The molecule has 0 aromatic rings. The molecule has 0 rings (SSSR count). The van der Waals surface area contributed by atoms with Crippen LogP contribution in [0.25, 0.3) is 0 Å². The van der Waals surface area contributed by atoms with Crippen molar-refractivity contribution in [1.82, 2.24) is 0 Å². The Morgan fingerprint density at radius 2 is 1.03 bits per heavy atom. The van der Waals surface area contributed by atoms with Gasteiger partial charge in [0, 0.05) is 34.3 Å². The Bertz CT molecular complexity index is 492. The molecule has 0 heterocycles. The fourth-order valence-corrected chi connectivity index (χ4v) is 16.6. The van der Waals surface area contributed by atoms with Gasteiger partial charge in [0.05, 0.1) is 44.7 Å². The quantitative estimate of drug-likeness (QED) is 0.0938. The number of aliphatic hydroxyl groups is 3. The van der Waals surface area contributed by atoms with Crippen molar-refractivity contribution in [2.75, 3.05) is 39.6 Å². The second-order valence-electron chi connectivity index (χ2n) is 11.6. The number of rotatable bonds is 20. The number of hydrogen-bond acceptors (Lipinski definition) is 8. The number of ether oxygens (including phenoxy) is 3. The van der Waals surface area contributed by atoms with Crippen molar-refractivity contribution in [2.45, 2.75) is 116 Å². The van der Waals surface area contributed by atoms with E-state index in [1.807, 2.05) is 0 Å². The van der Waals surface area contributed by atoms with Crippen LogP contribution in [0, 0.1) is 0 Å². The van der Waals surface area contributed by atoms with Crippen LogP contribution in [0.15, 0.2) is 12.7 Å². The predicted octanol–water partition coefficient (Wildman–Crippen LogP) is 4.53. The van der Waals surface area contributed by atoms with Crippen LogP contribution in [-0.4, -0.2) is 108 Å². The van der Waals surface area contributed by atoms with Crippen LogP contribution in [0.4, 0.5) is 0 Å². The third-order valence-electron chi connectivity index (χ3n) is 4.54. The summed E-state index contributed by atoms with van der Waals surface area (Å²) in [5.74, 6) is 0. The first kappa shape index (κ1) is 46.9. The average Bonchev–Trinajstić information content (AvgIpc) is 2.71. The summed E-state index contributed by atoms with van der Waals surface area (Å²) >= 11 is 0. The van der Waals surface area contributed by atoms with Crippen molar-refractivity contribution in [3.63, 3.8) is 0 Å². The van der Waals surface area contributed by atoms with Gasteiger partial charge in [0.25, 0.3) is 0 Å². The molecule has 3 unspecified atom stereocenters. The smallest absolute Gasteiger partial charge is 0.173 e. The van der Waals surface area contributed by atoms with E-state index in [0.29, 0.717) is 39.6 Å². The van der Waals surface area contributed by atoms with Crippen LogP contribution in [0.1, 0.15) is 33.6 Å². The molecule has 13 heteroatoms. The first-order valence-corrected chi connectivity index (χ1v) is 26.0. The summed E-state index contributed by atoms with van der Waals surface area (Å²) in [6.45, 7) is 29.7. The standard InChI is InChI=1S/C16H38O5Si2.C6H12O2.C4H14OSi2.Pt/c1-15(17)13-19-9-7-11-22(3,4)21-23(5,6)12-8-10-20-14-16(2)18;1-3-4-8-5-6(2)7;1-6(2)5-7(3)4;/h15-18H,7-14H2,1-6H3;3,6-7H,1,4-5H2,2H3;6-7H,1-4H3;. The molecule has 8 nitrogen and oxygen atoms in total. The van der Waals surface area contributed by atoms with Gasteiger partial charge in [-0.3, -0.25) is 0 Å². The van der Waals surface area contributed by atoms with Crippen molar-refractivity contribution in [3.05, 3.63) is 12.7 Å². The van der Waals surface area contributed by atoms with E-state index in [9.17, 15) is 0 Å². The fourth-order valence-electron chi connectivity index (χ4n) is 3.42. The first-order chi connectivity index (χ1) is 17.4. The van der Waals surface area contributed by atoms with Crippen LogP contribution in [0.3, 0.4) is 0 Å². The molecule has 39 heavy (non-hydrogen) atoms. The van der Waals surface area contributed by atoms with Crippen molar-refractivity contribution < 1.29 is 58.8 Å². The maximum atomic E-state index is 9.16. The SMILES string of the molecule is C=CCOCC(C)O.CC(O)COCCC[Si](C)(C)O[Si](C)(C)CCCOCC(C)O.C[SiH](C)O[SiH](C)C.[Pt].